The molecule has 3 aliphatic rings. The summed E-state index contributed by atoms with van der Waals surface area (Å²) in [6, 6.07) is 3.10. The number of halogens is 1. The first-order valence-electron chi connectivity index (χ1n) is 11.1. The van der Waals surface area contributed by atoms with E-state index in [9.17, 15) is 4.79 Å². The van der Waals surface area contributed by atoms with E-state index in [1.54, 1.807) is 26.2 Å². The summed E-state index contributed by atoms with van der Waals surface area (Å²) in [5, 5.41) is 3.41. The van der Waals surface area contributed by atoms with E-state index in [1.165, 1.54) is 0 Å². The number of methoxy groups -OCH3 is 3. The molecule has 182 valence electrons. The second kappa shape index (κ2) is 8.96. The molecule has 0 saturated carbocycles. The minimum Gasteiger partial charge on any atom is -0.493 e. The van der Waals surface area contributed by atoms with Gasteiger partial charge in [0.05, 0.1) is 39.0 Å². The van der Waals surface area contributed by atoms with Crippen molar-refractivity contribution >= 4 is 17.6 Å². The molecule has 2 aromatic rings. The van der Waals surface area contributed by atoms with Crippen LogP contribution in [0.3, 0.4) is 0 Å². The van der Waals surface area contributed by atoms with Gasteiger partial charge in [-0.25, -0.2) is 4.79 Å². The maximum Gasteiger partial charge on any atom is 0.318 e. The van der Waals surface area contributed by atoms with Crippen molar-refractivity contribution in [1.82, 2.24) is 10.2 Å². The van der Waals surface area contributed by atoms with Crippen molar-refractivity contribution in [3.8, 4) is 28.7 Å². The highest BCUT2D eigenvalue weighted by Gasteiger charge is 2.46. The standard InChI is InChI=1S/C24H27ClN2O7/c1-5-26-24(28)27-9-8-13-16(21(31-4)23-22(17(13)25)33-11-34-23)18(27)20-12-6-7-15(29-2)19(30-3)14(12)10-32-20/h6-7,18,20H,5,8-11H2,1-4H3,(H,26,28)/t18-,20+/m1/s1. The number of fused-ring (bicyclic) bond motifs is 3. The third kappa shape index (κ3) is 3.29. The van der Waals surface area contributed by atoms with E-state index >= 15 is 0 Å². The Bertz CT molecular complexity index is 1140. The van der Waals surface area contributed by atoms with Gasteiger partial charge < -0.3 is 38.6 Å². The first-order valence-corrected chi connectivity index (χ1v) is 11.5. The van der Waals surface area contributed by atoms with Crippen molar-refractivity contribution in [2.45, 2.75) is 32.1 Å². The minimum atomic E-state index is -0.517. The van der Waals surface area contributed by atoms with E-state index < -0.39 is 12.1 Å². The summed E-state index contributed by atoms with van der Waals surface area (Å²) in [4.78, 5) is 15.0. The van der Waals surface area contributed by atoms with Gasteiger partial charge in [0.1, 0.15) is 6.10 Å². The molecule has 2 amide bonds. The molecule has 0 unspecified atom stereocenters. The summed E-state index contributed by atoms with van der Waals surface area (Å²) >= 11 is 6.79. The Morgan fingerprint density at radius 3 is 2.59 bits per heavy atom. The number of carbonyl (C=O) groups excluding carboxylic acids is 1. The summed E-state index contributed by atoms with van der Waals surface area (Å²) in [6.07, 6.45) is 0.0575. The number of hydrogen-bond donors (Lipinski definition) is 1. The second-order valence-electron chi connectivity index (χ2n) is 8.13. The normalized spacial score (nSPS) is 20.0. The van der Waals surface area contributed by atoms with Gasteiger partial charge in [-0.05, 0) is 30.5 Å². The molecule has 5 rings (SSSR count). The van der Waals surface area contributed by atoms with E-state index in [4.69, 9.17) is 40.0 Å². The Balaban J connectivity index is 1.71. The van der Waals surface area contributed by atoms with Gasteiger partial charge in [0.25, 0.3) is 0 Å². The molecule has 0 saturated heterocycles. The minimum absolute atomic E-state index is 0.0543. The highest BCUT2D eigenvalue weighted by molar-refractivity contribution is 6.33. The summed E-state index contributed by atoms with van der Waals surface area (Å²) in [6.45, 7) is 3.21. The third-order valence-corrected chi connectivity index (χ3v) is 6.97. The maximum atomic E-state index is 13.2. The second-order valence-corrected chi connectivity index (χ2v) is 8.51. The molecule has 9 nitrogen and oxygen atoms in total. The molecule has 10 heteroatoms. The first kappa shape index (κ1) is 22.7. The lowest BCUT2D eigenvalue weighted by molar-refractivity contribution is -0.000192. The fourth-order valence-electron chi connectivity index (χ4n) is 5.15. The Kier molecular flexibility index (Phi) is 5.99. The number of urea groups is 1. The lowest BCUT2D eigenvalue weighted by atomic mass is 9.85. The molecule has 0 radical (unpaired) electrons. The molecular formula is C24H27ClN2O7. The number of carbonyl (C=O) groups is 1. The summed E-state index contributed by atoms with van der Waals surface area (Å²) in [5.74, 6) is 2.67. The molecule has 2 aromatic carbocycles. The number of ether oxygens (including phenoxy) is 6. The van der Waals surface area contributed by atoms with Crippen molar-refractivity contribution in [3.05, 3.63) is 39.4 Å². The highest BCUT2D eigenvalue weighted by atomic mass is 35.5. The van der Waals surface area contributed by atoms with Gasteiger partial charge in [0.15, 0.2) is 23.0 Å². The van der Waals surface area contributed by atoms with E-state index in [1.807, 2.05) is 19.1 Å². The van der Waals surface area contributed by atoms with Crippen LogP contribution in [0.15, 0.2) is 12.1 Å². The van der Waals surface area contributed by atoms with Crippen molar-refractivity contribution in [3.63, 3.8) is 0 Å². The van der Waals surface area contributed by atoms with Crippen LogP contribution in [0.1, 0.15) is 41.3 Å². The number of nitrogens with one attached hydrogen (secondary N) is 1. The molecule has 0 bridgehead atoms. The Hall–Kier alpha value is -3.04. The molecule has 0 aliphatic carbocycles. The maximum absolute atomic E-state index is 13.2. The van der Waals surface area contributed by atoms with Crippen molar-refractivity contribution in [2.75, 3.05) is 41.2 Å². The number of hydrogen-bond acceptors (Lipinski definition) is 7. The molecular weight excluding hydrogens is 464 g/mol. The molecule has 2 atom stereocenters. The predicted octanol–water partition coefficient (Wildman–Crippen LogP) is 3.99. The summed E-state index contributed by atoms with van der Waals surface area (Å²) in [5.41, 5.74) is 3.44. The van der Waals surface area contributed by atoms with Gasteiger partial charge in [-0.2, -0.15) is 0 Å². The average Bonchev–Trinajstić information content (AvgIpc) is 3.51. The Morgan fingerprint density at radius 1 is 1.12 bits per heavy atom. The molecule has 0 aromatic heterocycles. The van der Waals surface area contributed by atoms with Crippen LogP contribution in [0.25, 0.3) is 0 Å². The van der Waals surface area contributed by atoms with Crippen LogP contribution in [0.5, 0.6) is 28.7 Å². The van der Waals surface area contributed by atoms with Crippen LogP contribution in [-0.4, -0.2) is 52.1 Å². The molecule has 0 spiro atoms. The largest absolute Gasteiger partial charge is 0.493 e. The molecule has 3 heterocycles. The smallest absolute Gasteiger partial charge is 0.318 e. The summed E-state index contributed by atoms with van der Waals surface area (Å²) < 4.78 is 34.7. The monoisotopic (exact) mass is 490 g/mol. The van der Waals surface area contributed by atoms with Crippen molar-refractivity contribution in [2.24, 2.45) is 0 Å². The highest BCUT2D eigenvalue weighted by Crippen LogP contribution is 2.58. The number of benzene rings is 2. The van der Waals surface area contributed by atoms with E-state index in [0.717, 1.165) is 22.3 Å². The molecule has 3 aliphatic heterocycles. The zero-order chi connectivity index (χ0) is 24.0. The van der Waals surface area contributed by atoms with Gasteiger partial charge in [-0.3, -0.25) is 0 Å². The fourth-order valence-corrected chi connectivity index (χ4v) is 5.49. The number of amides is 2. The number of rotatable bonds is 5. The predicted molar refractivity (Wildman–Crippen MR) is 123 cm³/mol. The Morgan fingerprint density at radius 2 is 1.88 bits per heavy atom. The summed E-state index contributed by atoms with van der Waals surface area (Å²) in [7, 11) is 4.78. The van der Waals surface area contributed by atoms with Crippen molar-refractivity contribution < 1.29 is 33.2 Å². The van der Waals surface area contributed by atoms with Gasteiger partial charge in [-0.1, -0.05) is 17.7 Å². The van der Waals surface area contributed by atoms with Crippen molar-refractivity contribution in [1.29, 1.82) is 0 Å². The number of nitrogens with zero attached hydrogens (tertiary/aromatic N) is 1. The molecule has 1 N–H and O–H groups in total. The van der Waals surface area contributed by atoms with Gasteiger partial charge in [0, 0.05) is 24.2 Å². The zero-order valence-corrected chi connectivity index (χ0v) is 20.3. The topological polar surface area (TPSA) is 87.7 Å². The van der Waals surface area contributed by atoms with Gasteiger partial charge in [-0.15, -0.1) is 0 Å². The lowest BCUT2D eigenvalue weighted by Gasteiger charge is -2.41. The zero-order valence-electron chi connectivity index (χ0n) is 19.5. The first-order chi connectivity index (χ1) is 16.5. The van der Waals surface area contributed by atoms with E-state index in [0.29, 0.717) is 59.9 Å². The molecule has 34 heavy (non-hydrogen) atoms. The van der Waals surface area contributed by atoms with Crippen LogP contribution < -0.4 is 29.0 Å². The van der Waals surface area contributed by atoms with Crippen LogP contribution >= 0.6 is 11.6 Å². The van der Waals surface area contributed by atoms with Crippen LogP contribution in [0.2, 0.25) is 5.02 Å². The fraction of sp³-hybridized carbons (Fsp3) is 0.458. The quantitative estimate of drug-likeness (QED) is 0.677. The Labute approximate surface area is 202 Å². The van der Waals surface area contributed by atoms with Crippen LogP contribution in [0, 0.1) is 0 Å². The molecule has 0 fully saturated rings. The third-order valence-electron chi connectivity index (χ3n) is 6.57. The van der Waals surface area contributed by atoms with Crippen LogP contribution in [-0.2, 0) is 17.8 Å². The van der Waals surface area contributed by atoms with Gasteiger partial charge >= 0.3 is 6.03 Å². The average molecular weight is 491 g/mol. The van der Waals surface area contributed by atoms with E-state index in [2.05, 4.69) is 5.32 Å². The van der Waals surface area contributed by atoms with Crippen LogP contribution in [0.4, 0.5) is 4.79 Å². The lowest BCUT2D eigenvalue weighted by Crippen LogP contribution is -2.47. The van der Waals surface area contributed by atoms with E-state index in [-0.39, 0.29) is 12.8 Å². The van der Waals surface area contributed by atoms with Gasteiger partial charge in [0.2, 0.25) is 12.5 Å². The SMILES string of the molecule is CCNC(=O)N1CCc2c(Cl)c3c(c(OC)c2[C@@H]1[C@H]1OCc2c1ccc(OC)c2OC)OCO3.